The summed E-state index contributed by atoms with van der Waals surface area (Å²) in [6, 6.07) is 6.38. The molecule has 0 aliphatic heterocycles. The van der Waals surface area contributed by atoms with Gasteiger partial charge in [-0.1, -0.05) is 0 Å². The zero-order chi connectivity index (χ0) is 14.5. The molecule has 2 N–H and O–H groups in total. The van der Waals surface area contributed by atoms with Crippen molar-refractivity contribution in [3.05, 3.63) is 46.2 Å². The number of hydrogen-bond donors (Lipinski definition) is 2. The summed E-state index contributed by atoms with van der Waals surface area (Å²) in [6.45, 7) is 2.06. The van der Waals surface area contributed by atoms with Crippen LogP contribution in [0.3, 0.4) is 0 Å². The fourth-order valence-electron chi connectivity index (χ4n) is 1.53. The Morgan fingerprint density at radius 3 is 2.80 bits per heavy atom. The van der Waals surface area contributed by atoms with E-state index in [0.717, 1.165) is 0 Å². The minimum Gasteiger partial charge on any atom is -0.462 e. The van der Waals surface area contributed by atoms with E-state index in [-0.39, 0.29) is 5.91 Å². The van der Waals surface area contributed by atoms with Gasteiger partial charge in [-0.05, 0) is 47.1 Å². The van der Waals surface area contributed by atoms with Gasteiger partial charge in [-0.25, -0.2) is 4.79 Å². The zero-order valence-corrected chi connectivity index (χ0v) is 12.2. The predicted molar refractivity (Wildman–Crippen MR) is 76.6 cm³/mol. The highest BCUT2D eigenvalue weighted by atomic mass is 79.9. The molecule has 1 aromatic carbocycles. The van der Waals surface area contributed by atoms with Gasteiger partial charge < -0.3 is 10.1 Å². The third kappa shape index (κ3) is 3.24. The van der Waals surface area contributed by atoms with Crippen molar-refractivity contribution in [1.29, 1.82) is 0 Å². The lowest BCUT2D eigenvalue weighted by atomic mass is 10.2. The quantitative estimate of drug-likeness (QED) is 0.840. The maximum absolute atomic E-state index is 11.9. The van der Waals surface area contributed by atoms with E-state index in [4.69, 9.17) is 4.74 Å². The van der Waals surface area contributed by atoms with Crippen LogP contribution in [0.25, 0.3) is 0 Å². The molecule has 104 valence electrons. The van der Waals surface area contributed by atoms with Crippen molar-refractivity contribution in [2.24, 2.45) is 0 Å². The number of nitrogens with zero attached hydrogens (tertiary/aromatic N) is 1. The fraction of sp³-hybridized carbons (Fsp3) is 0.154. The minimum absolute atomic E-state index is 0.313. The monoisotopic (exact) mass is 337 g/mol. The van der Waals surface area contributed by atoms with E-state index in [2.05, 4.69) is 31.4 Å². The Balaban J connectivity index is 2.14. The Hall–Kier alpha value is -2.15. The number of carbonyl (C=O) groups is 2. The van der Waals surface area contributed by atoms with Crippen LogP contribution < -0.4 is 5.32 Å². The van der Waals surface area contributed by atoms with Crippen molar-refractivity contribution in [2.45, 2.75) is 6.92 Å². The summed E-state index contributed by atoms with van der Waals surface area (Å²) in [5, 5.41) is 8.98. The van der Waals surface area contributed by atoms with E-state index in [1.807, 2.05) is 0 Å². The molecule has 7 heteroatoms. The van der Waals surface area contributed by atoms with E-state index in [1.165, 1.54) is 6.20 Å². The highest BCUT2D eigenvalue weighted by Crippen LogP contribution is 2.24. The lowest BCUT2D eigenvalue weighted by Gasteiger charge is -2.08. The first-order chi connectivity index (χ1) is 9.61. The number of aromatic nitrogens is 2. The SMILES string of the molecule is CCOC(=O)c1ccc(NC(=O)c2ccn[nH]2)c(Br)c1. The van der Waals surface area contributed by atoms with Gasteiger partial charge in [-0.2, -0.15) is 5.10 Å². The van der Waals surface area contributed by atoms with Gasteiger partial charge in [0.15, 0.2) is 0 Å². The molecule has 6 nitrogen and oxygen atoms in total. The number of H-pyrrole nitrogens is 1. The number of nitrogens with one attached hydrogen (secondary N) is 2. The number of esters is 1. The van der Waals surface area contributed by atoms with Crippen LogP contribution in [0.5, 0.6) is 0 Å². The summed E-state index contributed by atoms with van der Waals surface area (Å²) in [7, 11) is 0. The molecule has 1 heterocycles. The molecule has 0 atom stereocenters. The molecule has 20 heavy (non-hydrogen) atoms. The van der Waals surface area contributed by atoms with Crippen LogP contribution in [-0.4, -0.2) is 28.7 Å². The summed E-state index contributed by atoms with van der Waals surface area (Å²) >= 11 is 3.31. The second-order valence-electron chi connectivity index (χ2n) is 3.84. The van der Waals surface area contributed by atoms with Crippen molar-refractivity contribution in [1.82, 2.24) is 10.2 Å². The second kappa shape index (κ2) is 6.33. The molecular weight excluding hydrogens is 326 g/mol. The molecule has 0 spiro atoms. The third-order valence-corrected chi connectivity index (χ3v) is 3.13. The first kappa shape index (κ1) is 14.3. The molecule has 2 rings (SSSR count). The van der Waals surface area contributed by atoms with Crippen molar-refractivity contribution >= 4 is 33.5 Å². The lowest BCUT2D eigenvalue weighted by Crippen LogP contribution is -2.13. The molecular formula is C13H12BrN3O3. The summed E-state index contributed by atoms with van der Waals surface area (Å²) < 4.78 is 5.50. The maximum Gasteiger partial charge on any atom is 0.338 e. The van der Waals surface area contributed by atoms with E-state index in [1.54, 1.807) is 31.2 Å². The van der Waals surface area contributed by atoms with Crippen molar-refractivity contribution < 1.29 is 14.3 Å². The Kier molecular flexibility index (Phi) is 4.52. The molecule has 0 aliphatic carbocycles. The molecule has 0 radical (unpaired) electrons. The Morgan fingerprint density at radius 1 is 1.40 bits per heavy atom. The number of amides is 1. The van der Waals surface area contributed by atoms with Crippen LogP contribution in [0.4, 0.5) is 5.69 Å². The number of hydrogen-bond acceptors (Lipinski definition) is 4. The van der Waals surface area contributed by atoms with Crippen LogP contribution in [0.1, 0.15) is 27.8 Å². The van der Waals surface area contributed by atoms with Crippen LogP contribution in [0.15, 0.2) is 34.9 Å². The number of aromatic amines is 1. The van der Waals surface area contributed by atoms with E-state index in [9.17, 15) is 9.59 Å². The Labute approximate surface area is 123 Å². The molecule has 0 aliphatic rings. The average molecular weight is 338 g/mol. The summed E-state index contributed by atoms with van der Waals surface area (Å²) in [5.74, 6) is -0.716. The van der Waals surface area contributed by atoms with Gasteiger partial charge >= 0.3 is 5.97 Å². The van der Waals surface area contributed by atoms with Crippen LogP contribution in [-0.2, 0) is 4.74 Å². The van der Waals surface area contributed by atoms with E-state index < -0.39 is 5.97 Å². The average Bonchev–Trinajstić information content (AvgIpc) is 2.95. The topological polar surface area (TPSA) is 84.1 Å². The third-order valence-electron chi connectivity index (χ3n) is 2.47. The molecule has 0 fully saturated rings. The van der Waals surface area contributed by atoms with E-state index >= 15 is 0 Å². The van der Waals surface area contributed by atoms with Gasteiger partial charge in [0.2, 0.25) is 0 Å². The molecule has 1 aromatic heterocycles. The van der Waals surface area contributed by atoms with Crippen molar-refractivity contribution in [3.8, 4) is 0 Å². The first-order valence-electron chi connectivity index (χ1n) is 5.89. The summed E-state index contributed by atoms with van der Waals surface area (Å²) in [4.78, 5) is 23.4. The highest BCUT2D eigenvalue weighted by molar-refractivity contribution is 9.10. The highest BCUT2D eigenvalue weighted by Gasteiger charge is 2.12. The first-order valence-corrected chi connectivity index (χ1v) is 6.68. The van der Waals surface area contributed by atoms with Crippen LogP contribution in [0, 0.1) is 0 Å². The minimum atomic E-state index is -0.403. The van der Waals surface area contributed by atoms with Gasteiger partial charge in [0.05, 0.1) is 17.9 Å². The Morgan fingerprint density at radius 2 is 2.20 bits per heavy atom. The van der Waals surface area contributed by atoms with Gasteiger partial charge in [0.1, 0.15) is 5.69 Å². The number of halogens is 1. The van der Waals surface area contributed by atoms with Crippen molar-refractivity contribution in [2.75, 3.05) is 11.9 Å². The van der Waals surface area contributed by atoms with Gasteiger partial charge in [0, 0.05) is 10.7 Å². The zero-order valence-electron chi connectivity index (χ0n) is 10.6. The second-order valence-corrected chi connectivity index (χ2v) is 4.69. The number of ether oxygens (including phenoxy) is 1. The number of benzene rings is 1. The molecule has 1 amide bonds. The normalized spacial score (nSPS) is 10.1. The molecule has 0 bridgehead atoms. The standard InChI is InChI=1S/C13H12BrN3O3/c1-2-20-13(19)8-3-4-10(9(14)7-8)16-12(18)11-5-6-15-17-11/h3-7H,2H2,1H3,(H,15,17)(H,16,18). The smallest absolute Gasteiger partial charge is 0.338 e. The van der Waals surface area contributed by atoms with E-state index in [0.29, 0.717) is 28.0 Å². The van der Waals surface area contributed by atoms with Gasteiger partial charge in [-0.15, -0.1) is 0 Å². The summed E-state index contributed by atoms with van der Waals surface area (Å²) in [5.41, 5.74) is 1.32. The van der Waals surface area contributed by atoms with Crippen LogP contribution in [0.2, 0.25) is 0 Å². The largest absolute Gasteiger partial charge is 0.462 e. The Bertz CT molecular complexity index is 626. The fourth-order valence-corrected chi connectivity index (χ4v) is 2.01. The maximum atomic E-state index is 11.9. The number of carbonyl (C=O) groups excluding carboxylic acids is 2. The van der Waals surface area contributed by atoms with Crippen molar-refractivity contribution in [3.63, 3.8) is 0 Å². The molecule has 2 aromatic rings. The molecule has 0 saturated carbocycles. The van der Waals surface area contributed by atoms with Gasteiger partial charge in [0.25, 0.3) is 5.91 Å². The predicted octanol–water partition coefficient (Wildman–Crippen LogP) is 2.60. The van der Waals surface area contributed by atoms with Crippen LogP contribution >= 0.6 is 15.9 Å². The number of rotatable bonds is 4. The summed E-state index contributed by atoms with van der Waals surface area (Å²) in [6.07, 6.45) is 1.49. The number of anilines is 1. The lowest BCUT2D eigenvalue weighted by molar-refractivity contribution is 0.0526. The molecule has 0 unspecified atom stereocenters. The molecule has 0 saturated heterocycles. The van der Waals surface area contributed by atoms with Gasteiger partial charge in [-0.3, -0.25) is 9.89 Å².